The molecule has 2 saturated heterocycles. The molecule has 3 aliphatic heterocycles. The van der Waals surface area contributed by atoms with Crippen molar-refractivity contribution in [2.75, 3.05) is 84.1 Å². The zero-order chi connectivity index (χ0) is 40.5. The topological polar surface area (TPSA) is 146 Å². The Morgan fingerprint density at radius 2 is 1.90 bits per heavy atom. The zero-order valence-electron chi connectivity index (χ0n) is 33.6. The molecule has 4 aliphatic rings. The van der Waals surface area contributed by atoms with Gasteiger partial charge in [0.05, 0.1) is 43.4 Å². The third-order valence-electron chi connectivity index (χ3n) is 12.0. The first-order chi connectivity index (χ1) is 28.2. The van der Waals surface area contributed by atoms with Gasteiger partial charge in [-0.1, -0.05) is 37.1 Å². The minimum atomic E-state index is -0.381. The number of ether oxygens (including phenoxy) is 3. The largest absolute Gasteiger partial charge is 0.506 e. The third-order valence-corrected chi connectivity index (χ3v) is 13.0. The predicted octanol–water partition coefficient (Wildman–Crippen LogP) is 5.11. The molecule has 2 aromatic carbocycles. The van der Waals surface area contributed by atoms with Crippen LogP contribution in [0.5, 0.6) is 11.5 Å². The van der Waals surface area contributed by atoms with Crippen LogP contribution in [0.2, 0.25) is 0 Å². The van der Waals surface area contributed by atoms with Crippen LogP contribution in [0.3, 0.4) is 0 Å². The second-order valence-electron chi connectivity index (χ2n) is 15.8. The molecule has 0 atom stereocenters. The number of carbonyl (C=O) groups excluding carboxylic acids is 3. The van der Waals surface area contributed by atoms with Crippen LogP contribution in [0.15, 0.2) is 35.7 Å². The van der Waals surface area contributed by atoms with E-state index in [1.165, 1.54) is 25.7 Å². The van der Waals surface area contributed by atoms with Crippen LogP contribution >= 0.6 is 11.3 Å². The van der Waals surface area contributed by atoms with E-state index < -0.39 is 0 Å². The second-order valence-corrected chi connectivity index (χ2v) is 16.7. The number of piperidine rings is 1. The number of hydrogen-bond donors (Lipinski definition) is 3. The third kappa shape index (κ3) is 10.3. The van der Waals surface area contributed by atoms with Crippen LogP contribution < -0.4 is 15.4 Å². The van der Waals surface area contributed by atoms with E-state index in [1.54, 1.807) is 34.4 Å². The molecular formula is C43H57FN6O7S. The number of halogens is 1. The second kappa shape index (κ2) is 19.7. The van der Waals surface area contributed by atoms with E-state index in [4.69, 9.17) is 19.2 Å². The molecule has 1 aliphatic carbocycles. The number of phenols is 1. The molecule has 4 heterocycles. The number of anilines is 1. The summed E-state index contributed by atoms with van der Waals surface area (Å²) in [5.41, 5.74) is 2.62. The fourth-order valence-corrected chi connectivity index (χ4v) is 9.54. The number of rotatable bonds is 17. The van der Waals surface area contributed by atoms with E-state index in [1.807, 2.05) is 29.3 Å². The van der Waals surface area contributed by atoms with Crippen molar-refractivity contribution in [2.24, 2.45) is 0 Å². The van der Waals surface area contributed by atoms with Crippen molar-refractivity contribution in [3.63, 3.8) is 0 Å². The highest BCUT2D eigenvalue weighted by Crippen LogP contribution is 2.39. The van der Waals surface area contributed by atoms with Gasteiger partial charge < -0.3 is 39.8 Å². The van der Waals surface area contributed by atoms with Gasteiger partial charge >= 0.3 is 0 Å². The molecule has 3 fully saturated rings. The number of aromatic hydroxyl groups is 1. The summed E-state index contributed by atoms with van der Waals surface area (Å²) in [4.78, 5) is 48.7. The molecule has 314 valence electrons. The van der Waals surface area contributed by atoms with Gasteiger partial charge in [-0.05, 0) is 69.2 Å². The number of fused-ring (bicyclic) bond motifs is 1. The van der Waals surface area contributed by atoms with Crippen molar-refractivity contribution in [1.82, 2.24) is 25.0 Å². The lowest BCUT2D eigenvalue weighted by Crippen LogP contribution is -2.58. The molecule has 1 spiro atoms. The van der Waals surface area contributed by atoms with Gasteiger partial charge in [-0.2, -0.15) is 0 Å². The predicted molar refractivity (Wildman–Crippen MR) is 219 cm³/mol. The Morgan fingerprint density at radius 1 is 1.09 bits per heavy atom. The molecule has 1 aromatic heterocycles. The van der Waals surface area contributed by atoms with Crippen LogP contribution in [0.4, 0.5) is 10.1 Å². The van der Waals surface area contributed by atoms with Crippen LogP contribution in [0, 0.1) is 5.82 Å². The molecule has 3 aromatic rings. The highest BCUT2D eigenvalue weighted by Gasteiger charge is 2.41. The van der Waals surface area contributed by atoms with Crippen molar-refractivity contribution in [2.45, 2.75) is 82.8 Å². The quantitative estimate of drug-likeness (QED) is 0.124. The average molecular weight is 821 g/mol. The lowest BCUT2D eigenvalue weighted by atomic mass is 9.89. The van der Waals surface area contributed by atoms with Gasteiger partial charge in [-0.3, -0.25) is 19.3 Å². The Labute approximate surface area is 344 Å². The number of hydrogen-bond acceptors (Lipinski definition) is 11. The number of benzene rings is 2. The van der Waals surface area contributed by atoms with Gasteiger partial charge in [0.1, 0.15) is 22.9 Å². The van der Waals surface area contributed by atoms with Crippen LogP contribution in [0.1, 0.15) is 90.0 Å². The Kier molecular flexibility index (Phi) is 14.3. The summed E-state index contributed by atoms with van der Waals surface area (Å²) in [6.07, 6.45) is 7.67. The van der Waals surface area contributed by atoms with E-state index in [-0.39, 0.29) is 54.5 Å². The SMILES string of the molecule is CCN(CCNCCc1ccc(O)c2c1OCC(=O)N2)C(=O)CCOCCc1cccc(CN2CCC3(CC2)CN(C(=O)c2csc(C4CCCC4)n2)CCO3)c1F. The molecule has 13 nitrogen and oxygen atoms in total. The van der Waals surface area contributed by atoms with Crippen LogP contribution in [-0.4, -0.2) is 127 Å². The number of nitrogens with zero attached hydrogens (tertiary/aromatic N) is 4. The normalized spacial score (nSPS) is 18.2. The van der Waals surface area contributed by atoms with Gasteiger partial charge in [0.2, 0.25) is 5.91 Å². The van der Waals surface area contributed by atoms with Crippen molar-refractivity contribution < 1.29 is 38.1 Å². The van der Waals surface area contributed by atoms with E-state index in [9.17, 15) is 19.5 Å². The molecule has 0 bridgehead atoms. The van der Waals surface area contributed by atoms with Crippen molar-refractivity contribution in [3.8, 4) is 11.5 Å². The number of amides is 3. The zero-order valence-corrected chi connectivity index (χ0v) is 34.4. The summed E-state index contributed by atoms with van der Waals surface area (Å²) in [5, 5.41) is 19.1. The lowest BCUT2D eigenvalue weighted by molar-refractivity contribution is -0.132. The first-order valence-electron chi connectivity index (χ1n) is 20.9. The number of thiazole rings is 1. The summed E-state index contributed by atoms with van der Waals surface area (Å²) < 4.78 is 33.4. The molecule has 58 heavy (non-hydrogen) atoms. The maximum absolute atomic E-state index is 15.7. The highest BCUT2D eigenvalue weighted by atomic mass is 32.1. The number of nitrogens with one attached hydrogen (secondary N) is 2. The highest BCUT2D eigenvalue weighted by molar-refractivity contribution is 7.09. The maximum atomic E-state index is 15.7. The number of morpholine rings is 1. The molecule has 7 rings (SSSR count). The Hall–Kier alpha value is -4.15. The molecule has 0 unspecified atom stereocenters. The van der Waals surface area contributed by atoms with E-state index >= 15 is 4.39 Å². The van der Waals surface area contributed by atoms with Crippen molar-refractivity contribution in [1.29, 1.82) is 0 Å². The summed E-state index contributed by atoms with van der Waals surface area (Å²) in [5.74, 6) is 0.461. The maximum Gasteiger partial charge on any atom is 0.273 e. The summed E-state index contributed by atoms with van der Waals surface area (Å²) in [6, 6.07) is 8.87. The smallest absolute Gasteiger partial charge is 0.273 e. The number of phenolic OH excluding ortho intramolecular Hbond substituents is 1. The van der Waals surface area contributed by atoms with E-state index in [0.717, 1.165) is 36.5 Å². The van der Waals surface area contributed by atoms with Crippen LogP contribution in [0.25, 0.3) is 0 Å². The Bertz CT molecular complexity index is 1900. The summed E-state index contributed by atoms with van der Waals surface area (Å²) >= 11 is 1.62. The average Bonchev–Trinajstić information content (AvgIpc) is 3.96. The molecule has 3 amide bonds. The van der Waals surface area contributed by atoms with Crippen molar-refractivity contribution >= 4 is 34.7 Å². The number of aromatic nitrogens is 1. The first-order valence-corrected chi connectivity index (χ1v) is 21.8. The lowest BCUT2D eigenvalue weighted by Gasteiger charge is -2.47. The number of carbonyl (C=O) groups is 3. The van der Waals surface area contributed by atoms with E-state index in [2.05, 4.69) is 15.5 Å². The van der Waals surface area contributed by atoms with Gasteiger partial charge in [-0.15, -0.1) is 11.3 Å². The fraction of sp³-hybridized carbons (Fsp3) is 0.581. The van der Waals surface area contributed by atoms with Crippen molar-refractivity contribution in [3.05, 3.63) is 68.9 Å². The Morgan fingerprint density at radius 3 is 2.71 bits per heavy atom. The fourth-order valence-electron chi connectivity index (χ4n) is 8.57. The Balaban J connectivity index is 0.788. The molecule has 0 radical (unpaired) electrons. The van der Waals surface area contributed by atoms with Gasteiger partial charge in [-0.25, -0.2) is 9.37 Å². The van der Waals surface area contributed by atoms with Crippen LogP contribution in [-0.2, 0) is 38.4 Å². The molecule has 15 heteroatoms. The monoisotopic (exact) mass is 820 g/mol. The number of likely N-dealkylation sites (N-methyl/N-ethyl adjacent to an activating group) is 1. The molecule has 3 N–H and O–H groups in total. The van der Waals surface area contributed by atoms with E-state index in [0.29, 0.717) is 106 Å². The minimum absolute atomic E-state index is 0.00105. The van der Waals surface area contributed by atoms with Gasteiger partial charge in [0.25, 0.3) is 11.8 Å². The minimum Gasteiger partial charge on any atom is -0.506 e. The molecular weight excluding hydrogens is 764 g/mol. The summed E-state index contributed by atoms with van der Waals surface area (Å²) in [7, 11) is 0. The number of likely N-dealkylation sites (tertiary alicyclic amines) is 1. The standard InChI is InChI=1S/C43H57FN6O7S/c1-2-49(21-18-45-17-12-31-10-11-35(51)39-40(31)56-27-36(52)47-39)37(53)14-24-55-23-13-30-8-5-9-33(38(30)44)26-48-19-15-43(16-20-48)29-50(22-25-57-43)42(54)34-28-58-41(46-34)32-6-3-4-7-32/h5,8-11,28,32,45,51H,2-4,6-7,12-27,29H2,1H3,(H,47,52). The van der Waals surface area contributed by atoms with Gasteiger partial charge in [0, 0.05) is 62.7 Å². The first kappa shape index (κ1) is 42.0. The van der Waals surface area contributed by atoms with Gasteiger partial charge in [0.15, 0.2) is 12.4 Å². The summed E-state index contributed by atoms with van der Waals surface area (Å²) in [6.45, 7) is 8.47. The molecule has 1 saturated carbocycles.